The summed E-state index contributed by atoms with van der Waals surface area (Å²) in [5, 5.41) is 0. The van der Waals surface area contributed by atoms with Gasteiger partial charge in [0.25, 0.3) is 0 Å². The minimum atomic E-state index is -0.0661. The van der Waals surface area contributed by atoms with Crippen molar-refractivity contribution in [3.63, 3.8) is 0 Å². The molecule has 3 aliphatic rings. The maximum atomic E-state index is 2.47. The third-order valence-corrected chi connectivity index (χ3v) is 13.9. The van der Waals surface area contributed by atoms with Gasteiger partial charge >= 0.3 is 0 Å². The number of fused-ring (bicyclic) bond motifs is 2. The fourth-order valence-corrected chi connectivity index (χ4v) is 10.4. The molecule has 1 heteroatoms. The molecule has 66 heavy (non-hydrogen) atoms. The molecule has 0 saturated heterocycles. The lowest BCUT2D eigenvalue weighted by Gasteiger charge is -2.30. The number of rotatable bonds is 10. The topological polar surface area (TPSA) is 3.24 Å². The van der Waals surface area contributed by atoms with Crippen LogP contribution >= 0.6 is 0 Å². The second-order valence-electron chi connectivity index (χ2n) is 18.3. The molecule has 11 rings (SSSR count). The SMILES string of the molecule is CC1(C)C2=C(CCC=C2)c2ccc(N(c3ccc(-c4ccccc4)cc3)c3ccc(C4=CC=C(/C=C(/c5ccccc5)c5ccc(-c6ccccc6)cc5)CC4)c(-c4ccccc4)c3)cc21. The van der Waals surface area contributed by atoms with E-state index < -0.39 is 0 Å². The van der Waals surface area contributed by atoms with Crippen molar-refractivity contribution in [3.05, 3.63) is 276 Å². The standard InChI is InChI=1S/C65H53N/c1-65(2)63-26-16-15-25-59(63)60-42-40-57(45-64(60)65)66(55-37-35-50(36-38-55)48-19-9-4-10-20-48)56-39-41-58(62(44-56)52-23-13-6-14-24-52)53-29-27-46(28-30-53)43-61(51-21-11-5-12-22-51)54-33-31-49(32-34-54)47-17-7-3-8-18-47/h3-14,16-24,26-27,29,31-45H,15,25,28,30H2,1-2H3/b61-43-. The lowest BCUT2D eigenvalue weighted by molar-refractivity contribution is 0.651. The molecule has 0 fully saturated rings. The highest BCUT2D eigenvalue weighted by molar-refractivity contribution is 5.91. The van der Waals surface area contributed by atoms with Crippen LogP contribution in [0.1, 0.15) is 67.3 Å². The van der Waals surface area contributed by atoms with Crippen LogP contribution in [0.5, 0.6) is 0 Å². The number of hydrogen-bond acceptors (Lipinski definition) is 1. The Bertz CT molecular complexity index is 3200. The first kappa shape index (κ1) is 41.0. The van der Waals surface area contributed by atoms with Crippen LogP contribution in [0.4, 0.5) is 17.1 Å². The van der Waals surface area contributed by atoms with E-state index in [0.717, 1.165) is 37.1 Å². The van der Waals surface area contributed by atoms with Crippen LogP contribution in [0, 0.1) is 0 Å². The molecule has 0 radical (unpaired) electrons. The molecule has 318 valence electrons. The Hall–Kier alpha value is -7.74. The first-order valence-corrected chi connectivity index (χ1v) is 23.5. The molecule has 0 heterocycles. The number of hydrogen-bond donors (Lipinski definition) is 0. The van der Waals surface area contributed by atoms with Crippen LogP contribution in [0.15, 0.2) is 248 Å². The lowest BCUT2D eigenvalue weighted by Crippen LogP contribution is -2.18. The van der Waals surface area contributed by atoms with Gasteiger partial charge in [0, 0.05) is 22.5 Å². The van der Waals surface area contributed by atoms with Crippen molar-refractivity contribution in [2.24, 2.45) is 0 Å². The molecule has 1 nitrogen and oxygen atoms in total. The molecule has 8 aromatic rings. The second-order valence-corrected chi connectivity index (χ2v) is 18.3. The summed E-state index contributed by atoms with van der Waals surface area (Å²) < 4.78 is 0. The number of allylic oxidation sites excluding steroid dienone is 9. The fraction of sp³-hybridized carbons (Fsp3) is 0.108. The highest BCUT2D eigenvalue weighted by Gasteiger charge is 2.37. The van der Waals surface area contributed by atoms with Gasteiger partial charge in [0.1, 0.15) is 0 Å². The summed E-state index contributed by atoms with van der Waals surface area (Å²) in [7, 11) is 0. The Morgan fingerprint density at radius 3 is 1.61 bits per heavy atom. The van der Waals surface area contributed by atoms with E-state index in [9.17, 15) is 0 Å². The van der Waals surface area contributed by atoms with Crippen LogP contribution in [-0.2, 0) is 5.41 Å². The highest BCUT2D eigenvalue weighted by Crippen LogP contribution is 2.52. The Morgan fingerprint density at radius 1 is 0.455 bits per heavy atom. The van der Waals surface area contributed by atoms with Gasteiger partial charge in [-0.25, -0.2) is 0 Å². The third-order valence-electron chi connectivity index (χ3n) is 13.9. The number of benzene rings is 8. The zero-order valence-corrected chi connectivity index (χ0v) is 37.8. The molecular weight excluding hydrogens is 795 g/mol. The van der Waals surface area contributed by atoms with Crippen LogP contribution in [0.25, 0.3) is 50.1 Å². The van der Waals surface area contributed by atoms with E-state index in [1.54, 1.807) is 0 Å². The summed E-state index contributed by atoms with van der Waals surface area (Å²) in [5.74, 6) is 0. The normalized spacial score (nSPS) is 15.2. The molecule has 8 aromatic carbocycles. The summed E-state index contributed by atoms with van der Waals surface area (Å²) in [5.41, 5.74) is 24.2. The van der Waals surface area contributed by atoms with Crippen molar-refractivity contribution in [2.45, 2.75) is 44.9 Å². The zero-order valence-electron chi connectivity index (χ0n) is 37.8. The highest BCUT2D eigenvalue weighted by atomic mass is 15.1. The molecule has 0 N–H and O–H groups in total. The fourth-order valence-electron chi connectivity index (χ4n) is 10.4. The van der Waals surface area contributed by atoms with Crippen LogP contribution < -0.4 is 4.90 Å². The lowest BCUT2D eigenvalue weighted by atomic mass is 9.80. The van der Waals surface area contributed by atoms with Crippen molar-refractivity contribution in [2.75, 3.05) is 4.90 Å². The van der Waals surface area contributed by atoms with Crippen molar-refractivity contribution in [1.82, 2.24) is 0 Å². The Balaban J connectivity index is 0.988. The number of anilines is 3. The smallest absolute Gasteiger partial charge is 0.0468 e. The van der Waals surface area contributed by atoms with Gasteiger partial charge in [-0.2, -0.15) is 0 Å². The molecular formula is C65H53N. The van der Waals surface area contributed by atoms with Gasteiger partial charge < -0.3 is 4.90 Å². The van der Waals surface area contributed by atoms with Crippen LogP contribution in [0.2, 0.25) is 0 Å². The molecule has 0 aliphatic heterocycles. The minimum absolute atomic E-state index is 0.0661. The molecule has 0 spiro atoms. The summed E-state index contributed by atoms with van der Waals surface area (Å²) in [6.45, 7) is 4.79. The van der Waals surface area contributed by atoms with Gasteiger partial charge in [0.15, 0.2) is 0 Å². The van der Waals surface area contributed by atoms with Crippen molar-refractivity contribution >= 4 is 33.8 Å². The first-order valence-electron chi connectivity index (χ1n) is 23.5. The van der Waals surface area contributed by atoms with E-state index in [1.165, 1.54) is 94.8 Å². The predicted molar refractivity (Wildman–Crippen MR) is 281 cm³/mol. The molecule has 0 unspecified atom stereocenters. The second kappa shape index (κ2) is 17.7. The first-order chi connectivity index (χ1) is 32.5. The molecule has 0 aromatic heterocycles. The van der Waals surface area contributed by atoms with Crippen molar-refractivity contribution in [3.8, 4) is 33.4 Å². The summed E-state index contributed by atoms with van der Waals surface area (Å²) in [6, 6.07) is 75.5. The predicted octanol–water partition coefficient (Wildman–Crippen LogP) is 17.8. The van der Waals surface area contributed by atoms with Gasteiger partial charge in [-0.3, -0.25) is 0 Å². The summed E-state index contributed by atoms with van der Waals surface area (Å²) in [4.78, 5) is 2.46. The van der Waals surface area contributed by atoms with E-state index >= 15 is 0 Å². The molecule has 0 atom stereocenters. The van der Waals surface area contributed by atoms with Gasteiger partial charge in [-0.1, -0.05) is 214 Å². The van der Waals surface area contributed by atoms with Gasteiger partial charge in [-0.05, 0) is 151 Å². The largest absolute Gasteiger partial charge is 0.310 e. The van der Waals surface area contributed by atoms with Crippen molar-refractivity contribution in [1.29, 1.82) is 0 Å². The van der Waals surface area contributed by atoms with E-state index in [0.29, 0.717) is 0 Å². The Kier molecular flexibility index (Phi) is 11.0. The summed E-state index contributed by atoms with van der Waals surface area (Å²) in [6.07, 6.45) is 16.0. The van der Waals surface area contributed by atoms with Crippen molar-refractivity contribution < 1.29 is 0 Å². The average Bonchev–Trinajstić information content (AvgIpc) is 3.62. The van der Waals surface area contributed by atoms with Gasteiger partial charge in [0.2, 0.25) is 0 Å². The maximum absolute atomic E-state index is 2.47. The molecule has 0 amide bonds. The van der Waals surface area contributed by atoms with Gasteiger partial charge in [0.05, 0.1) is 0 Å². The third kappa shape index (κ3) is 7.92. The molecule has 0 saturated carbocycles. The molecule has 3 aliphatic carbocycles. The van der Waals surface area contributed by atoms with Crippen LogP contribution in [-0.4, -0.2) is 0 Å². The van der Waals surface area contributed by atoms with Crippen LogP contribution in [0.3, 0.4) is 0 Å². The molecule has 0 bridgehead atoms. The minimum Gasteiger partial charge on any atom is -0.310 e. The Labute approximate surface area is 390 Å². The average molecular weight is 848 g/mol. The Morgan fingerprint density at radius 2 is 0.985 bits per heavy atom. The summed E-state index contributed by atoms with van der Waals surface area (Å²) >= 11 is 0. The quantitative estimate of drug-likeness (QED) is 0.133. The zero-order chi connectivity index (χ0) is 44.5. The maximum Gasteiger partial charge on any atom is 0.0468 e. The number of nitrogens with zero attached hydrogens (tertiary/aromatic N) is 1. The van der Waals surface area contributed by atoms with E-state index in [-0.39, 0.29) is 5.41 Å². The van der Waals surface area contributed by atoms with E-state index in [1.807, 2.05) is 0 Å². The van der Waals surface area contributed by atoms with Gasteiger partial charge in [-0.15, -0.1) is 0 Å². The monoisotopic (exact) mass is 847 g/mol. The van der Waals surface area contributed by atoms with E-state index in [2.05, 4.69) is 255 Å². The van der Waals surface area contributed by atoms with E-state index in [4.69, 9.17) is 0 Å².